The first-order valence-electron chi connectivity index (χ1n) is 6.38. The van der Waals surface area contributed by atoms with Crippen molar-refractivity contribution in [2.24, 2.45) is 0 Å². The molecule has 0 radical (unpaired) electrons. The third-order valence-corrected chi connectivity index (χ3v) is 3.93. The molecule has 1 N–H and O–H groups in total. The van der Waals surface area contributed by atoms with E-state index in [9.17, 15) is 13.6 Å². The SMILES string of the molecule is COC(=O)c1cc(Oc2c(F)c(F)c3[nH]ccc3c2Br)ccn1. The van der Waals surface area contributed by atoms with Crippen molar-refractivity contribution in [2.75, 3.05) is 7.11 Å². The van der Waals surface area contributed by atoms with Crippen molar-refractivity contribution in [1.29, 1.82) is 0 Å². The first-order chi connectivity index (χ1) is 11.0. The Kier molecular flexibility index (Phi) is 3.99. The summed E-state index contributed by atoms with van der Waals surface area (Å²) in [6, 6.07) is 4.27. The van der Waals surface area contributed by atoms with E-state index in [1.165, 1.54) is 31.6 Å². The fourth-order valence-electron chi connectivity index (χ4n) is 2.06. The van der Waals surface area contributed by atoms with Crippen molar-refractivity contribution in [3.63, 3.8) is 0 Å². The zero-order valence-electron chi connectivity index (χ0n) is 11.7. The molecule has 23 heavy (non-hydrogen) atoms. The van der Waals surface area contributed by atoms with E-state index in [-0.39, 0.29) is 27.2 Å². The van der Waals surface area contributed by atoms with Crippen LogP contribution in [-0.2, 0) is 4.74 Å². The molecule has 0 saturated carbocycles. The number of nitrogens with zero attached hydrogens (tertiary/aromatic N) is 1. The molecule has 0 saturated heterocycles. The highest BCUT2D eigenvalue weighted by Gasteiger charge is 2.21. The van der Waals surface area contributed by atoms with Crippen molar-refractivity contribution in [3.8, 4) is 11.5 Å². The van der Waals surface area contributed by atoms with Crippen LogP contribution in [0.1, 0.15) is 10.5 Å². The van der Waals surface area contributed by atoms with Crippen molar-refractivity contribution < 1.29 is 23.0 Å². The van der Waals surface area contributed by atoms with E-state index in [2.05, 4.69) is 30.6 Å². The number of methoxy groups -OCH3 is 1. The Morgan fingerprint density at radius 3 is 2.83 bits per heavy atom. The standard InChI is InChI=1S/C15H9BrF2N2O3/c1-22-15(21)9-6-7(2-4-19-9)23-14-10(16)8-3-5-20-13(8)11(17)12(14)18/h2-6,20H,1H3. The number of aromatic nitrogens is 2. The Labute approximate surface area is 137 Å². The first kappa shape index (κ1) is 15.4. The first-order valence-corrected chi connectivity index (χ1v) is 7.18. The van der Waals surface area contributed by atoms with Gasteiger partial charge in [-0.3, -0.25) is 0 Å². The van der Waals surface area contributed by atoms with Crippen LogP contribution >= 0.6 is 15.9 Å². The highest BCUT2D eigenvalue weighted by atomic mass is 79.9. The molecular formula is C15H9BrF2N2O3. The minimum Gasteiger partial charge on any atom is -0.464 e. The Morgan fingerprint density at radius 2 is 2.09 bits per heavy atom. The monoisotopic (exact) mass is 382 g/mol. The van der Waals surface area contributed by atoms with Gasteiger partial charge in [-0.15, -0.1) is 0 Å². The molecule has 0 aliphatic carbocycles. The molecule has 2 aromatic heterocycles. The molecule has 0 fully saturated rings. The Morgan fingerprint density at radius 1 is 1.30 bits per heavy atom. The molecule has 3 rings (SSSR count). The molecule has 0 aliphatic rings. The third kappa shape index (κ3) is 2.65. The Hall–Kier alpha value is -2.48. The quantitative estimate of drug-likeness (QED) is 0.545. The molecule has 0 bridgehead atoms. The van der Waals surface area contributed by atoms with Crippen LogP contribution in [0.4, 0.5) is 8.78 Å². The second-order valence-corrected chi connectivity index (χ2v) is 5.30. The maximum atomic E-state index is 14.2. The number of carbonyl (C=O) groups excluding carboxylic acids is 1. The number of rotatable bonds is 3. The van der Waals surface area contributed by atoms with Gasteiger partial charge >= 0.3 is 5.97 Å². The van der Waals surface area contributed by atoms with Crippen LogP contribution < -0.4 is 4.74 Å². The minimum absolute atomic E-state index is 0.00951. The van der Waals surface area contributed by atoms with Gasteiger partial charge in [0.15, 0.2) is 17.3 Å². The molecule has 2 heterocycles. The summed E-state index contributed by atoms with van der Waals surface area (Å²) in [7, 11) is 1.21. The zero-order valence-corrected chi connectivity index (χ0v) is 13.3. The van der Waals surface area contributed by atoms with Gasteiger partial charge in [0.1, 0.15) is 5.75 Å². The summed E-state index contributed by atoms with van der Waals surface area (Å²) in [6.45, 7) is 0. The molecular weight excluding hydrogens is 374 g/mol. The lowest BCUT2D eigenvalue weighted by Crippen LogP contribution is -2.04. The highest BCUT2D eigenvalue weighted by Crippen LogP contribution is 2.39. The van der Waals surface area contributed by atoms with E-state index in [0.717, 1.165) is 0 Å². The molecule has 5 nitrogen and oxygen atoms in total. The van der Waals surface area contributed by atoms with Crippen molar-refractivity contribution >= 4 is 32.8 Å². The number of hydrogen-bond donors (Lipinski definition) is 1. The fourth-order valence-corrected chi connectivity index (χ4v) is 2.65. The predicted molar refractivity (Wildman–Crippen MR) is 81.6 cm³/mol. The third-order valence-electron chi connectivity index (χ3n) is 3.14. The maximum absolute atomic E-state index is 14.2. The number of benzene rings is 1. The van der Waals surface area contributed by atoms with Gasteiger partial charge in [0.25, 0.3) is 0 Å². The maximum Gasteiger partial charge on any atom is 0.356 e. The molecule has 0 atom stereocenters. The van der Waals surface area contributed by atoms with Crippen LogP contribution in [0.5, 0.6) is 11.5 Å². The van der Waals surface area contributed by atoms with Crippen LogP contribution in [0.15, 0.2) is 35.1 Å². The summed E-state index contributed by atoms with van der Waals surface area (Å²) in [5, 5.41) is 0.432. The van der Waals surface area contributed by atoms with Gasteiger partial charge in [-0.1, -0.05) is 0 Å². The van der Waals surface area contributed by atoms with E-state index in [4.69, 9.17) is 4.74 Å². The number of ether oxygens (including phenoxy) is 2. The molecule has 0 aliphatic heterocycles. The predicted octanol–water partition coefficient (Wildman–Crippen LogP) is 4.18. The summed E-state index contributed by atoms with van der Waals surface area (Å²) < 4.78 is 38.5. The summed E-state index contributed by atoms with van der Waals surface area (Å²) in [5.74, 6) is -3.07. The summed E-state index contributed by atoms with van der Waals surface area (Å²) in [4.78, 5) is 17.9. The van der Waals surface area contributed by atoms with E-state index < -0.39 is 17.6 Å². The lowest BCUT2D eigenvalue weighted by molar-refractivity contribution is 0.0593. The zero-order chi connectivity index (χ0) is 16.6. The number of nitrogens with one attached hydrogen (secondary N) is 1. The van der Waals surface area contributed by atoms with Crippen LogP contribution in [0, 0.1) is 11.6 Å². The fraction of sp³-hybridized carbons (Fsp3) is 0.0667. The van der Waals surface area contributed by atoms with Gasteiger partial charge in [-0.25, -0.2) is 14.2 Å². The average Bonchev–Trinajstić information content (AvgIpc) is 3.06. The Balaban J connectivity index is 2.07. The minimum atomic E-state index is -1.15. The van der Waals surface area contributed by atoms with Gasteiger partial charge in [0, 0.05) is 23.8 Å². The summed E-state index contributed by atoms with van der Waals surface area (Å²) >= 11 is 3.21. The summed E-state index contributed by atoms with van der Waals surface area (Å²) in [6.07, 6.45) is 2.79. The second-order valence-electron chi connectivity index (χ2n) is 4.51. The van der Waals surface area contributed by atoms with Crippen molar-refractivity contribution in [2.45, 2.75) is 0 Å². The van der Waals surface area contributed by atoms with Crippen LogP contribution in [0.2, 0.25) is 0 Å². The molecule has 0 unspecified atom stereocenters. The number of H-pyrrole nitrogens is 1. The second kappa shape index (κ2) is 5.96. The van der Waals surface area contributed by atoms with E-state index in [1.807, 2.05) is 0 Å². The smallest absolute Gasteiger partial charge is 0.356 e. The van der Waals surface area contributed by atoms with Crippen molar-refractivity contribution in [3.05, 3.63) is 52.4 Å². The van der Waals surface area contributed by atoms with Gasteiger partial charge in [-0.05, 0) is 28.1 Å². The Bertz CT molecular complexity index is 911. The number of halogens is 3. The largest absolute Gasteiger partial charge is 0.464 e. The van der Waals surface area contributed by atoms with Gasteiger partial charge < -0.3 is 14.5 Å². The number of esters is 1. The topological polar surface area (TPSA) is 64.2 Å². The van der Waals surface area contributed by atoms with Gasteiger partial charge in [0.2, 0.25) is 5.82 Å². The molecule has 3 aromatic rings. The van der Waals surface area contributed by atoms with E-state index in [0.29, 0.717) is 5.39 Å². The summed E-state index contributed by atoms with van der Waals surface area (Å²) in [5.41, 5.74) is 0.0245. The normalized spacial score (nSPS) is 10.8. The molecule has 118 valence electrons. The van der Waals surface area contributed by atoms with Gasteiger partial charge in [0.05, 0.1) is 17.1 Å². The highest BCUT2D eigenvalue weighted by molar-refractivity contribution is 9.10. The van der Waals surface area contributed by atoms with Crippen LogP contribution in [0.3, 0.4) is 0 Å². The number of pyridine rings is 1. The van der Waals surface area contributed by atoms with E-state index >= 15 is 0 Å². The number of aromatic amines is 1. The molecule has 8 heteroatoms. The number of carbonyl (C=O) groups is 1. The molecule has 0 spiro atoms. The number of fused-ring (bicyclic) bond motifs is 1. The van der Waals surface area contributed by atoms with Crippen LogP contribution in [0.25, 0.3) is 10.9 Å². The van der Waals surface area contributed by atoms with Crippen molar-refractivity contribution in [1.82, 2.24) is 9.97 Å². The lowest BCUT2D eigenvalue weighted by atomic mass is 10.2. The lowest BCUT2D eigenvalue weighted by Gasteiger charge is -2.11. The van der Waals surface area contributed by atoms with Crippen LogP contribution in [-0.4, -0.2) is 23.0 Å². The average molecular weight is 383 g/mol. The van der Waals surface area contributed by atoms with Gasteiger partial charge in [-0.2, -0.15) is 4.39 Å². The number of hydrogen-bond acceptors (Lipinski definition) is 4. The molecule has 0 amide bonds. The molecule has 1 aromatic carbocycles. The van der Waals surface area contributed by atoms with E-state index in [1.54, 1.807) is 6.07 Å².